The average molecular weight is 347 g/mol. The predicted octanol–water partition coefficient (Wildman–Crippen LogP) is 4.79. The molecule has 1 heterocycles. The molecule has 0 spiro atoms. The van der Waals surface area contributed by atoms with E-state index >= 15 is 0 Å². The van der Waals surface area contributed by atoms with Crippen LogP contribution >= 0.6 is 39.1 Å². The Bertz CT molecular complexity index is 582. The quantitative estimate of drug-likeness (QED) is 0.822. The van der Waals surface area contributed by atoms with E-state index in [2.05, 4.69) is 26.2 Å². The van der Waals surface area contributed by atoms with E-state index in [1.54, 1.807) is 24.5 Å². The standard InChI is InChI=1S/C12H10BrCl2N3/c1-6-2-9(15)11(3-8(6)14)18-12-7(13)4-17-5-10(12)16/h2-5H,16H2,1H3,(H,17,18). The van der Waals surface area contributed by atoms with Crippen molar-refractivity contribution in [3.8, 4) is 0 Å². The lowest BCUT2D eigenvalue weighted by molar-refractivity contribution is 1.31. The fourth-order valence-corrected chi connectivity index (χ4v) is 2.33. The molecule has 2 rings (SSSR count). The normalized spacial score (nSPS) is 10.4. The smallest absolute Gasteiger partial charge is 0.0794 e. The molecule has 0 bridgehead atoms. The molecular weight excluding hydrogens is 337 g/mol. The number of rotatable bonds is 2. The molecule has 3 N–H and O–H groups in total. The van der Waals surface area contributed by atoms with Crippen LogP contribution in [0.25, 0.3) is 0 Å². The Hall–Kier alpha value is -0.970. The second-order valence-electron chi connectivity index (χ2n) is 3.79. The minimum absolute atomic E-state index is 0.525. The van der Waals surface area contributed by atoms with Crippen LogP contribution in [0.15, 0.2) is 29.0 Å². The molecule has 2 aromatic rings. The maximum atomic E-state index is 6.16. The first-order chi connectivity index (χ1) is 8.49. The topological polar surface area (TPSA) is 50.9 Å². The van der Waals surface area contributed by atoms with Crippen LogP contribution in [0.3, 0.4) is 0 Å². The Labute approximate surface area is 123 Å². The number of pyridine rings is 1. The third-order valence-corrected chi connectivity index (χ3v) is 3.76. The first-order valence-corrected chi connectivity index (χ1v) is 6.65. The minimum Gasteiger partial charge on any atom is -0.396 e. The summed E-state index contributed by atoms with van der Waals surface area (Å²) in [6, 6.07) is 3.57. The second kappa shape index (κ2) is 5.34. The molecule has 0 amide bonds. The van der Waals surface area contributed by atoms with Gasteiger partial charge < -0.3 is 11.1 Å². The highest BCUT2D eigenvalue weighted by atomic mass is 79.9. The lowest BCUT2D eigenvalue weighted by atomic mass is 10.2. The maximum Gasteiger partial charge on any atom is 0.0794 e. The van der Waals surface area contributed by atoms with E-state index in [1.165, 1.54) is 0 Å². The Morgan fingerprint density at radius 3 is 2.61 bits per heavy atom. The van der Waals surface area contributed by atoms with Crippen LogP contribution in [0.4, 0.5) is 17.1 Å². The number of aromatic nitrogens is 1. The lowest BCUT2D eigenvalue weighted by Crippen LogP contribution is -1.99. The molecular formula is C12H10BrCl2N3. The highest BCUT2D eigenvalue weighted by Crippen LogP contribution is 2.35. The van der Waals surface area contributed by atoms with Crippen LogP contribution in [0.2, 0.25) is 10.0 Å². The minimum atomic E-state index is 0.525. The largest absolute Gasteiger partial charge is 0.396 e. The van der Waals surface area contributed by atoms with Crippen molar-refractivity contribution in [2.75, 3.05) is 11.1 Å². The number of benzene rings is 1. The number of halogens is 3. The molecule has 0 atom stereocenters. The molecule has 0 saturated carbocycles. The van der Waals surface area contributed by atoms with E-state index in [0.29, 0.717) is 27.1 Å². The fourth-order valence-electron chi connectivity index (χ4n) is 1.46. The van der Waals surface area contributed by atoms with Crippen molar-refractivity contribution < 1.29 is 0 Å². The van der Waals surface area contributed by atoms with Gasteiger partial charge in [-0.2, -0.15) is 0 Å². The van der Waals surface area contributed by atoms with Gasteiger partial charge in [-0.15, -0.1) is 0 Å². The molecule has 0 aliphatic carbocycles. The zero-order valence-corrected chi connectivity index (χ0v) is 12.6. The number of hydrogen-bond acceptors (Lipinski definition) is 3. The molecule has 6 heteroatoms. The first-order valence-electron chi connectivity index (χ1n) is 5.10. The van der Waals surface area contributed by atoms with E-state index in [0.717, 1.165) is 10.0 Å². The van der Waals surface area contributed by atoms with Crippen molar-refractivity contribution in [3.05, 3.63) is 44.6 Å². The van der Waals surface area contributed by atoms with Gasteiger partial charge in [0.05, 0.1) is 32.8 Å². The van der Waals surface area contributed by atoms with E-state index in [9.17, 15) is 0 Å². The van der Waals surface area contributed by atoms with Crippen molar-refractivity contribution in [2.45, 2.75) is 6.92 Å². The van der Waals surface area contributed by atoms with E-state index in [1.807, 2.05) is 6.92 Å². The van der Waals surface area contributed by atoms with Crippen LogP contribution in [0.5, 0.6) is 0 Å². The number of nitrogens with zero attached hydrogens (tertiary/aromatic N) is 1. The van der Waals surface area contributed by atoms with Gasteiger partial charge in [0.15, 0.2) is 0 Å². The third kappa shape index (κ3) is 2.71. The number of nitrogens with two attached hydrogens (primary N) is 1. The molecule has 0 fully saturated rings. The van der Waals surface area contributed by atoms with Gasteiger partial charge in [0, 0.05) is 11.2 Å². The molecule has 0 unspecified atom stereocenters. The van der Waals surface area contributed by atoms with Gasteiger partial charge in [0.25, 0.3) is 0 Å². The van der Waals surface area contributed by atoms with E-state index < -0.39 is 0 Å². The van der Waals surface area contributed by atoms with Gasteiger partial charge in [-0.1, -0.05) is 23.2 Å². The summed E-state index contributed by atoms with van der Waals surface area (Å²) in [6.45, 7) is 1.90. The van der Waals surface area contributed by atoms with Crippen LogP contribution in [0.1, 0.15) is 5.56 Å². The number of hydrogen-bond donors (Lipinski definition) is 2. The molecule has 1 aromatic heterocycles. The number of aryl methyl sites for hydroxylation is 1. The average Bonchev–Trinajstić information content (AvgIpc) is 2.30. The van der Waals surface area contributed by atoms with Crippen LogP contribution < -0.4 is 11.1 Å². The fraction of sp³-hybridized carbons (Fsp3) is 0.0833. The zero-order valence-electron chi connectivity index (χ0n) is 9.47. The van der Waals surface area contributed by atoms with Crippen molar-refractivity contribution in [3.63, 3.8) is 0 Å². The van der Waals surface area contributed by atoms with E-state index in [4.69, 9.17) is 28.9 Å². The molecule has 0 radical (unpaired) electrons. The summed E-state index contributed by atoms with van der Waals surface area (Å²) in [5, 5.41) is 4.38. The molecule has 94 valence electrons. The van der Waals surface area contributed by atoms with Gasteiger partial charge in [0.2, 0.25) is 0 Å². The molecule has 1 aromatic carbocycles. The number of nitrogens with one attached hydrogen (secondary N) is 1. The summed E-state index contributed by atoms with van der Waals surface area (Å²) in [5.74, 6) is 0. The maximum absolute atomic E-state index is 6.16. The van der Waals surface area contributed by atoms with Gasteiger partial charge in [-0.05, 0) is 40.5 Å². The third-order valence-electron chi connectivity index (χ3n) is 2.44. The summed E-state index contributed by atoms with van der Waals surface area (Å²) >= 11 is 15.6. The van der Waals surface area contributed by atoms with Gasteiger partial charge in [-0.25, -0.2) is 0 Å². The first kappa shape index (κ1) is 13.5. The van der Waals surface area contributed by atoms with Gasteiger partial charge in [-0.3, -0.25) is 4.98 Å². The number of anilines is 3. The van der Waals surface area contributed by atoms with E-state index in [-0.39, 0.29) is 0 Å². The molecule has 0 aliphatic heterocycles. The Morgan fingerprint density at radius 2 is 1.94 bits per heavy atom. The lowest BCUT2D eigenvalue weighted by Gasteiger charge is -2.13. The van der Waals surface area contributed by atoms with Crippen molar-refractivity contribution in [1.29, 1.82) is 0 Å². The zero-order chi connectivity index (χ0) is 13.3. The second-order valence-corrected chi connectivity index (χ2v) is 5.46. The molecule has 18 heavy (non-hydrogen) atoms. The summed E-state index contributed by atoms with van der Waals surface area (Å²) in [7, 11) is 0. The SMILES string of the molecule is Cc1cc(Cl)c(Nc2c(N)cncc2Br)cc1Cl. The predicted molar refractivity (Wildman–Crippen MR) is 80.8 cm³/mol. The van der Waals surface area contributed by atoms with Crippen molar-refractivity contribution >= 4 is 56.2 Å². The Kier molecular flexibility index (Phi) is 4.00. The molecule has 0 saturated heterocycles. The summed E-state index contributed by atoms with van der Waals surface area (Å²) < 4.78 is 0.760. The van der Waals surface area contributed by atoms with Crippen molar-refractivity contribution in [1.82, 2.24) is 4.98 Å². The molecule has 3 nitrogen and oxygen atoms in total. The van der Waals surface area contributed by atoms with Crippen LogP contribution in [-0.2, 0) is 0 Å². The highest BCUT2D eigenvalue weighted by Gasteiger charge is 2.09. The number of nitrogen functional groups attached to an aromatic ring is 1. The summed E-state index contributed by atoms with van der Waals surface area (Å²) in [5.41, 5.74) is 8.72. The highest BCUT2D eigenvalue weighted by molar-refractivity contribution is 9.10. The summed E-state index contributed by atoms with van der Waals surface area (Å²) in [6.07, 6.45) is 3.22. The Balaban J connectivity index is 2.43. The monoisotopic (exact) mass is 345 g/mol. The van der Waals surface area contributed by atoms with Crippen LogP contribution in [-0.4, -0.2) is 4.98 Å². The Morgan fingerprint density at radius 1 is 1.22 bits per heavy atom. The van der Waals surface area contributed by atoms with Crippen LogP contribution in [0, 0.1) is 6.92 Å². The summed E-state index contributed by atoms with van der Waals surface area (Å²) in [4.78, 5) is 3.97. The van der Waals surface area contributed by atoms with Crippen molar-refractivity contribution in [2.24, 2.45) is 0 Å². The molecule has 0 aliphatic rings. The van der Waals surface area contributed by atoms with Gasteiger partial charge >= 0.3 is 0 Å². The van der Waals surface area contributed by atoms with Gasteiger partial charge in [0.1, 0.15) is 0 Å².